The van der Waals surface area contributed by atoms with E-state index < -0.39 is 16.2 Å². The molecule has 0 aliphatic carbocycles. The van der Waals surface area contributed by atoms with E-state index in [1.165, 1.54) is 29.8 Å². The minimum Gasteiger partial charge on any atom is -0.453 e. The monoisotopic (exact) mass is 511 g/mol. The van der Waals surface area contributed by atoms with Crippen LogP contribution in [0.2, 0.25) is 0 Å². The van der Waals surface area contributed by atoms with Crippen LogP contribution in [0.25, 0.3) is 41.6 Å². The highest BCUT2D eigenvalue weighted by molar-refractivity contribution is 7.86. The smallest absolute Gasteiger partial charge is 0.411 e. The first-order valence-corrected chi connectivity index (χ1v) is 13.0. The summed E-state index contributed by atoms with van der Waals surface area (Å²) in [6.45, 7) is 1.64. The van der Waals surface area contributed by atoms with Crippen molar-refractivity contribution >= 4 is 65.0 Å². The van der Waals surface area contributed by atoms with Gasteiger partial charge in [0.1, 0.15) is 14.9 Å². The predicted octanol–water partition coefficient (Wildman–Crippen LogP) is 5.97. The molecule has 0 fully saturated rings. The Hall–Kier alpha value is -3.38. The fourth-order valence-electron chi connectivity index (χ4n) is 3.56. The fourth-order valence-corrected chi connectivity index (χ4v) is 6.88. The summed E-state index contributed by atoms with van der Waals surface area (Å²) in [6, 6.07) is 16.5. The Labute approximate surface area is 202 Å². The highest BCUT2D eigenvalue weighted by atomic mass is 32.2. The molecule has 2 N–H and O–H groups in total. The van der Waals surface area contributed by atoms with Gasteiger partial charge in [0.2, 0.25) is 0 Å². The van der Waals surface area contributed by atoms with Crippen molar-refractivity contribution in [2.24, 2.45) is 0 Å². The SMILES string of the molecule is COC(=O)Nc1ccc(-c2nc3ccc(-c4nc5ccc(C)c(S(=O)(=O)O)c5s4)cc3s2)cc1. The van der Waals surface area contributed by atoms with Gasteiger partial charge in [-0.3, -0.25) is 9.87 Å². The van der Waals surface area contributed by atoms with Gasteiger partial charge in [0.25, 0.3) is 10.1 Å². The van der Waals surface area contributed by atoms with Crippen molar-refractivity contribution in [3.8, 4) is 21.1 Å². The predicted molar refractivity (Wildman–Crippen MR) is 134 cm³/mol. The number of hydrogen-bond donors (Lipinski definition) is 2. The van der Waals surface area contributed by atoms with Crippen LogP contribution in [0, 0.1) is 6.92 Å². The van der Waals surface area contributed by atoms with Gasteiger partial charge in [-0.05, 0) is 61.0 Å². The van der Waals surface area contributed by atoms with Crippen LogP contribution in [-0.2, 0) is 14.9 Å². The molecule has 8 nitrogen and oxygen atoms in total. The summed E-state index contributed by atoms with van der Waals surface area (Å²) in [5.74, 6) is 0. The van der Waals surface area contributed by atoms with Crippen molar-refractivity contribution in [3.63, 3.8) is 0 Å². The van der Waals surface area contributed by atoms with Gasteiger partial charge in [-0.1, -0.05) is 6.07 Å². The summed E-state index contributed by atoms with van der Waals surface area (Å²) >= 11 is 2.75. The molecule has 0 bridgehead atoms. The molecule has 0 atom stereocenters. The van der Waals surface area contributed by atoms with E-state index in [-0.39, 0.29) is 4.90 Å². The van der Waals surface area contributed by atoms with Gasteiger partial charge in [0, 0.05) is 16.8 Å². The Morgan fingerprint density at radius 3 is 2.29 bits per heavy atom. The van der Waals surface area contributed by atoms with Crippen molar-refractivity contribution in [2.75, 3.05) is 12.4 Å². The Kier molecular flexibility index (Phi) is 5.56. The summed E-state index contributed by atoms with van der Waals surface area (Å²) in [5.41, 5.74) is 4.18. The molecule has 1 amide bonds. The van der Waals surface area contributed by atoms with E-state index in [4.69, 9.17) is 4.98 Å². The van der Waals surface area contributed by atoms with Crippen molar-refractivity contribution in [1.29, 1.82) is 0 Å². The topological polar surface area (TPSA) is 118 Å². The number of carbonyl (C=O) groups is 1. The van der Waals surface area contributed by atoms with Gasteiger partial charge >= 0.3 is 6.09 Å². The molecule has 172 valence electrons. The highest BCUT2D eigenvalue weighted by Crippen LogP contribution is 2.38. The third kappa shape index (κ3) is 4.14. The average Bonchev–Trinajstić information content (AvgIpc) is 3.42. The Morgan fingerprint density at radius 1 is 0.941 bits per heavy atom. The number of aryl methyl sites for hydroxylation is 1. The Bertz CT molecular complexity index is 1670. The van der Waals surface area contributed by atoms with E-state index >= 15 is 0 Å². The van der Waals surface area contributed by atoms with Gasteiger partial charge in [-0.15, -0.1) is 22.7 Å². The van der Waals surface area contributed by atoms with Crippen molar-refractivity contribution in [3.05, 3.63) is 60.2 Å². The summed E-state index contributed by atoms with van der Waals surface area (Å²) in [4.78, 5) is 20.6. The van der Waals surface area contributed by atoms with Gasteiger partial charge in [0.15, 0.2) is 0 Å². The molecule has 34 heavy (non-hydrogen) atoms. The zero-order chi connectivity index (χ0) is 24.0. The number of amides is 1. The van der Waals surface area contributed by atoms with E-state index in [9.17, 15) is 17.8 Å². The lowest BCUT2D eigenvalue weighted by Crippen LogP contribution is -2.10. The van der Waals surface area contributed by atoms with Crippen LogP contribution in [-0.4, -0.2) is 36.1 Å². The zero-order valence-corrected chi connectivity index (χ0v) is 20.3. The first-order chi connectivity index (χ1) is 16.2. The highest BCUT2D eigenvalue weighted by Gasteiger charge is 2.21. The molecular weight excluding hydrogens is 494 g/mol. The number of hydrogen-bond acceptors (Lipinski definition) is 8. The lowest BCUT2D eigenvalue weighted by molar-refractivity contribution is 0.187. The number of aromatic nitrogens is 2. The van der Waals surface area contributed by atoms with Crippen LogP contribution in [0.15, 0.2) is 59.5 Å². The summed E-state index contributed by atoms with van der Waals surface area (Å²) in [6.07, 6.45) is -0.533. The number of carbonyl (C=O) groups excluding carboxylic acids is 1. The Morgan fingerprint density at radius 2 is 1.59 bits per heavy atom. The first kappa shape index (κ1) is 22.4. The fraction of sp³-hybridized carbons (Fsp3) is 0.0870. The van der Waals surface area contributed by atoms with Crippen molar-refractivity contribution in [1.82, 2.24) is 9.97 Å². The molecule has 0 saturated heterocycles. The number of nitrogens with zero attached hydrogens (tertiary/aromatic N) is 2. The van der Waals surface area contributed by atoms with Crippen LogP contribution in [0.4, 0.5) is 10.5 Å². The molecule has 2 heterocycles. The van der Waals surface area contributed by atoms with Crippen LogP contribution in [0.3, 0.4) is 0 Å². The molecular formula is C23H17N3O5S3. The molecule has 0 aliphatic rings. The zero-order valence-electron chi connectivity index (χ0n) is 17.9. The summed E-state index contributed by atoms with van der Waals surface area (Å²) in [5, 5.41) is 4.09. The van der Waals surface area contributed by atoms with Crippen LogP contribution in [0.1, 0.15) is 5.56 Å². The normalized spacial score (nSPS) is 11.7. The molecule has 0 radical (unpaired) electrons. The third-order valence-electron chi connectivity index (χ3n) is 5.17. The maximum atomic E-state index is 11.9. The molecule has 5 rings (SSSR count). The number of nitrogens with one attached hydrogen (secondary N) is 1. The number of rotatable bonds is 4. The van der Waals surface area contributed by atoms with Gasteiger partial charge < -0.3 is 4.74 Å². The number of benzene rings is 3. The van der Waals surface area contributed by atoms with Gasteiger partial charge in [-0.2, -0.15) is 8.42 Å². The summed E-state index contributed by atoms with van der Waals surface area (Å²) < 4.78 is 39.5. The van der Waals surface area contributed by atoms with Crippen molar-refractivity contribution < 1.29 is 22.5 Å². The molecule has 11 heteroatoms. The van der Waals surface area contributed by atoms with Crippen LogP contribution < -0.4 is 5.32 Å². The number of methoxy groups -OCH3 is 1. The molecule has 3 aromatic carbocycles. The van der Waals surface area contributed by atoms with E-state index in [2.05, 4.69) is 15.0 Å². The van der Waals surface area contributed by atoms with E-state index in [1.807, 2.05) is 30.3 Å². The second-order valence-electron chi connectivity index (χ2n) is 7.45. The quantitative estimate of drug-likeness (QED) is 0.285. The molecule has 2 aromatic heterocycles. The molecule has 5 aromatic rings. The van der Waals surface area contributed by atoms with Crippen LogP contribution >= 0.6 is 22.7 Å². The van der Waals surface area contributed by atoms with Gasteiger partial charge in [-0.25, -0.2) is 14.8 Å². The lowest BCUT2D eigenvalue weighted by atomic mass is 10.2. The maximum Gasteiger partial charge on any atom is 0.411 e. The minimum atomic E-state index is -4.37. The van der Waals surface area contributed by atoms with Gasteiger partial charge in [0.05, 0.1) is 27.5 Å². The molecule has 0 saturated carbocycles. The van der Waals surface area contributed by atoms with E-state index in [0.717, 1.165) is 26.4 Å². The second-order valence-corrected chi connectivity index (χ2v) is 10.8. The Balaban J connectivity index is 1.51. The average molecular weight is 512 g/mol. The number of fused-ring (bicyclic) bond motifs is 2. The first-order valence-electron chi connectivity index (χ1n) is 9.97. The van der Waals surface area contributed by atoms with Crippen LogP contribution in [0.5, 0.6) is 0 Å². The number of anilines is 1. The standard InChI is InChI=1S/C23H17N3O5S3/c1-12-3-9-17-19(20(12)34(28,29)30)33-22(26-17)14-6-10-16-18(11-14)32-21(25-16)13-4-7-15(8-5-13)24-23(27)31-2/h3-11H,1-2H3,(H,24,27)(H,28,29,30). The number of ether oxygens (including phenoxy) is 1. The lowest BCUT2D eigenvalue weighted by Gasteiger charge is -2.03. The minimum absolute atomic E-state index is 0.0972. The molecule has 0 aliphatic heterocycles. The largest absolute Gasteiger partial charge is 0.453 e. The second kappa shape index (κ2) is 8.44. The third-order valence-corrected chi connectivity index (χ3v) is 8.54. The van der Waals surface area contributed by atoms with E-state index in [0.29, 0.717) is 26.5 Å². The summed E-state index contributed by atoms with van der Waals surface area (Å²) in [7, 11) is -3.06. The maximum absolute atomic E-state index is 11.9. The van der Waals surface area contributed by atoms with Crippen molar-refractivity contribution in [2.45, 2.75) is 11.8 Å². The van der Waals surface area contributed by atoms with E-state index in [1.54, 1.807) is 31.2 Å². The molecule has 0 spiro atoms. The molecule has 0 unspecified atom stereocenters. The number of thiazole rings is 2.